The van der Waals surface area contributed by atoms with Crippen molar-refractivity contribution >= 4 is 16.7 Å². The van der Waals surface area contributed by atoms with E-state index in [1.54, 1.807) is 0 Å². The summed E-state index contributed by atoms with van der Waals surface area (Å²) in [7, 11) is 0. The van der Waals surface area contributed by atoms with Crippen LogP contribution >= 0.6 is 0 Å². The van der Waals surface area contributed by atoms with Crippen molar-refractivity contribution in [3.63, 3.8) is 0 Å². The number of amides is 1. The van der Waals surface area contributed by atoms with Crippen molar-refractivity contribution in [3.8, 4) is 5.75 Å². The first-order valence-corrected chi connectivity index (χ1v) is 13.2. The second-order valence-electron chi connectivity index (χ2n) is 11.4. The van der Waals surface area contributed by atoms with Crippen LogP contribution in [0, 0.1) is 5.41 Å². The highest BCUT2D eigenvalue weighted by Gasteiger charge is 2.39. The molecule has 1 aliphatic carbocycles. The monoisotopic (exact) mass is 482 g/mol. The quantitative estimate of drug-likeness (QED) is 0.418. The minimum atomic E-state index is -0.0186. The van der Waals surface area contributed by atoms with Gasteiger partial charge in [-0.05, 0) is 72.6 Å². The molecule has 5 rings (SSSR count). The molecule has 0 bridgehead atoms. The average molecular weight is 483 g/mol. The summed E-state index contributed by atoms with van der Waals surface area (Å²) in [5.74, 6) is 0.906. The second-order valence-corrected chi connectivity index (χ2v) is 11.4. The van der Waals surface area contributed by atoms with Crippen molar-refractivity contribution in [2.45, 2.75) is 58.6 Å². The van der Waals surface area contributed by atoms with Gasteiger partial charge in [0.15, 0.2) is 0 Å². The van der Waals surface area contributed by atoms with Crippen molar-refractivity contribution in [2.24, 2.45) is 5.41 Å². The fraction of sp³-hybridized carbons (Fsp3) is 0.406. The van der Waals surface area contributed by atoms with Crippen molar-refractivity contribution in [2.75, 3.05) is 19.6 Å². The van der Waals surface area contributed by atoms with Gasteiger partial charge in [0.1, 0.15) is 12.4 Å². The lowest BCUT2D eigenvalue weighted by atomic mass is 9.74. The Morgan fingerprint density at radius 2 is 1.83 bits per heavy atom. The van der Waals surface area contributed by atoms with E-state index in [9.17, 15) is 4.79 Å². The zero-order valence-electron chi connectivity index (χ0n) is 21.8. The number of fused-ring (bicyclic) bond motifs is 1. The van der Waals surface area contributed by atoms with Gasteiger partial charge in [-0.3, -0.25) is 4.79 Å². The summed E-state index contributed by atoms with van der Waals surface area (Å²) in [6.45, 7) is 9.75. The summed E-state index contributed by atoms with van der Waals surface area (Å²) in [5, 5.41) is 5.85. The zero-order valence-corrected chi connectivity index (χ0v) is 21.8. The first kappa shape index (κ1) is 24.6. The summed E-state index contributed by atoms with van der Waals surface area (Å²) in [5.41, 5.74) is 3.52. The van der Waals surface area contributed by atoms with Crippen LogP contribution in [0.25, 0.3) is 10.8 Å². The summed E-state index contributed by atoms with van der Waals surface area (Å²) < 4.78 is 6.09. The van der Waals surface area contributed by atoms with E-state index in [4.69, 9.17) is 4.74 Å². The third-order valence-electron chi connectivity index (χ3n) is 7.88. The Kier molecular flexibility index (Phi) is 6.90. The Labute approximate surface area is 215 Å². The highest BCUT2D eigenvalue weighted by molar-refractivity contribution is 6.07. The predicted octanol–water partition coefficient (Wildman–Crippen LogP) is 6.75. The number of rotatable bonds is 4. The molecule has 1 saturated heterocycles. The van der Waals surface area contributed by atoms with Crippen molar-refractivity contribution in [1.82, 2.24) is 10.2 Å². The van der Waals surface area contributed by atoms with E-state index in [1.165, 1.54) is 5.57 Å². The Balaban J connectivity index is 1.37. The number of carbonyl (C=O) groups excluding carboxylic acids is 1. The second kappa shape index (κ2) is 10.1. The highest BCUT2D eigenvalue weighted by Crippen LogP contribution is 2.37. The molecule has 1 atom stereocenters. The molecule has 1 amide bonds. The Morgan fingerprint density at radius 3 is 2.67 bits per heavy atom. The first-order chi connectivity index (χ1) is 17.3. The van der Waals surface area contributed by atoms with Crippen LogP contribution in [0.5, 0.6) is 5.75 Å². The average Bonchev–Trinajstić information content (AvgIpc) is 2.89. The molecule has 1 unspecified atom stereocenters. The van der Waals surface area contributed by atoms with Crippen LogP contribution in [0.3, 0.4) is 0 Å². The Bertz CT molecular complexity index is 1260. The van der Waals surface area contributed by atoms with Crippen LogP contribution in [0.2, 0.25) is 0 Å². The third-order valence-corrected chi connectivity index (χ3v) is 7.88. The molecule has 188 valence electrons. The SMILES string of the molecule is CC1=CC(C)(C)CCC2(CC1)CN(C(=O)c1cccc3ccc(OCc4ccccc4)cc13)CCN2. The Hall–Kier alpha value is -3.11. The van der Waals surface area contributed by atoms with E-state index in [0.29, 0.717) is 6.61 Å². The standard InChI is InChI=1S/C32H38N2O2/c1-24-14-15-32(17-16-31(2,3)21-24)23-34(19-18-33-32)30(35)28-11-7-10-26-12-13-27(20-29(26)28)36-22-25-8-5-4-6-9-25/h4-13,20-21,33H,14-19,22-23H2,1-3H3. The van der Waals surface area contributed by atoms with Gasteiger partial charge in [0.05, 0.1) is 0 Å². The number of piperazine rings is 1. The number of benzene rings is 3. The summed E-state index contributed by atoms with van der Waals surface area (Å²) >= 11 is 0. The summed E-state index contributed by atoms with van der Waals surface area (Å²) in [6, 6.07) is 22.3. The third kappa shape index (κ3) is 5.49. The summed E-state index contributed by atoms with van der Waals surface area (Å²) in [6.07, 6.45) is 6.80. The number of nitrogens with one attached hydrogen (secondary N) is 1. The van der Waals surface area contributed by atoms with Gasteiger partial charge >= 0.3 is 0 Å². The van der Waals surface area contributed by atoms with E-state index in [0.717, 1.165) is 73.0 Å². The molecule has 3 aromatic carbocycles. The van der Waals surface area contributed by atoms with Crippen molar-refractivity contribution in [1.29, 1.82) is 0 Å². The maximum absolute atomic E-state index is 13.9. The molecule has 4 nitrogen and oxygen atoms in total. The largest absolute Gasteiger partial charge is 0.489 e. The smallest absolute Gasteiger partial charge is 0.254 e. The number of carbonyl (C=O) groups is 1. The number of nitrogens with zero attached hydrogens (tertiary/aromatic N) is 1. The minimum Gasteiger partial charge on any atom is -0.489 e. The molecule has 2 aliphatic rings. The maximum Gasteiger partial charge on any atom is 0.254 e. The lowest BCUT2D eigenvalue weighted by molar-refractivity contribution is 0.0576. The van der Waals surface area contributed by atoms with Gasteiger partial charge in [0.2, 0.25) is 0 Å². The maximum atomic E-state index is 13.9. The fourth-order valence-corrected chi connectivity index (χ4v) is 5.84. The van der Waals surface area contributed by atoms with Crippen molar-refractivity contribution < 1.29 is 9.53 Å². The van der Waals surface area contributed by atoms with Gasteiger partial charge in [-0.2, -0.15) is 0 Å². The lowest BCUT2D eigenvalue weighted by Gasteiger charge is -2.46. The molecule has 3 aromatic rings. The molecule has 1 fully saturated rings. The topological polar surface area (TPSA) is 41.6 Å². The molecular formula is C32H38N2O2. The van der Waals surface area contributed by atoms with E-state index >= 15 is 0 Å². The van der Waals surface area contributed by atoms with E-state index < -0.39 is 0 Å². The van der Waals surface area contributed by atoms with Crippen LogP contribution in [-0.2, 0) is 6.61 Å². The molecule has 4 heteroatoms. The minimum absolute atomic E-state index is 0.0186. The van der Waals surface area contributed by atoms with E-state index in [-0.39, 0.29) is 16.9 Å². The normalized spacial score (nSPS) is 22.1. The van der Waals surface area contributed by atoms with Gasteiger partial charge in [-0.25, -0.2) is 0 Å². The van der Waals surface area contributed by atoms with E-state index in [2.05, 4.69) is 61.3 Å². The van der Waals surface area contributed by atoms with Gasteiger partial charge in [-0.1, -0.05) is 74.0 Å². The van der Waals surface area contributed by atoms with Gasteiger partial charge in [-0.15, -0.1) is 0 Å². The van der Waals surface area contributed by atoms with Crippen molar-refractivity contribution in [3.05, 3.63) is 89.5 Å². The fourth-order valence-electron chi connectivity index (χ4n) is 5.84. The molecule has 36 heavy (non-hydrogen) atoms. The molecular weight excluding hydrogens is 444 g/mol. The van der Waals surface area contributed by atoms with Crippen LogP contribution < -0.4 is 10.1 Å². The van der Waals surface area contributed by atoms with Gasteiger partial charge in [0, 0.05) is 30.7 Å². The Morgan fingerprint density at radius 1 is 1.00 bits per heavy atom. The molecule has 1 aliphatic heterocycles. The molecule has 1 heterocycles. The first-order valence-electron chi connectivity index (χ1n) is 13.2. The summed E-state index contributed by atoms with van der Waals surface area (Å²) in [4.78, 5) is 16.0. The predicted molar refractivity (Wildman–Crippen MR) is 147 cm³/mol. The zero-order chi connectivity index (χ0) is 25.2. The molecule has 1 N–H and O–H groups in total. The van der Waals surface area contributed by atoms with Gasteiger partial charge in [0.25, 0.3) is 5.91 Å². The number of allylic oxidation sites excluding steroid dienone is 2. The molecule has 1 spiro atoms. The number of hydrogen-bond acceptors (Lipinski definition) is 3. The van der Waals surface area contributed by atoms with Crippen LogP contribution in [0.15, 0.2) is 78.4 Å². The molecule has 0 aromatic heterocycles. The number of hydrogen-bond donors (Lipinski definition) is 1. The molecule has 0 radical (unpaired) electrons. The van der Waals surface area contributed by atoms with Gasteiger partial charge < -0.3 is 15.0 Å². The van der Waals surface area contributed by atoms with Crippen LogP contribution in [-0.4, -0.2) is 36.0 Å². The molecule has 0 saturated carbocycles. The number of ether oxygens (including phenoxy) is 1. The lowest BCUT2D eigenvalue weighted by Crippen LogP contribution is -2.62. The highest BCUT2D eigenvalue weighted by atomic mass is 16.5. The van der Waals surface area contributed by atoms with Crippen LogP contribution in [0.4, 0.5) is 0 Å². The van der Waals surface area contributed by atoms with Crippen LogP contribution in [0.1, 0.15) is 62.4 Å². The van der Waals surface area contributed by atoms with E-state index in [1.807, 2.05) is 42.5 Å².